The van der Waals surface area contributed by atoms with Crippen LogP contribution in [0, 0.1) is 0 Å². The Bertz CT molecular complexity index is 1740. The summed E-state index contributed by atoms with van der Waals surface area (Å²) in [5, 5.41) is 14.1. The topological polar surface area (TPSA) is 105 Å². The van der Waals surface area contributed by atoms with E-state index in [9.17, 15) is 14.7 Å². The number of hydrogen-bond acceptors (Lipinski definition) is 8. The zero-order valence-corrected chi connectivity index (χ0v) is 25.6. The number of aromatic carboxylic acids is 1. The second kappa shape index (κ2) is 12.5. The summed E-state index contributed by atoms with van der Waals surface area (Å²) in [6.07, 6.45) is 1.97. The van der Waals surface area contributed by atoms with Crippen LogP contribution in [0.4, 0.5) is 10.3 Å². The summed E-state index contributed by atoms with van der Waals surface area (Å²) in [5.41, 5.74) is 4.84. The molecule has 0 aliphatic carbocycles. The average molecular weight is 613 g/mol. The van der Waals surface area contributed by atoms with Crippen molar-refractivity contribution in [3.8, 4) is 5.75 Å². The van der Waals surface area contributed by atoms with Gasteiger partial charge in [-0.1, -0.05) is 61.6 Å². The molecular weight excluding hydrogens is 581 g/mol. The Kier molecular flexibility index (Phi) is 8.40. The number of rotatable bonds is 10. The van der Waals surface area contributed by atoms with Gasteiger partial charge in [0, 0.05) is 23.5 Å². The number of anilines is 2. The highest BCUT2D eigenvalue weighted by atomic mass is 32.1. The summed E-state index contributed by atoms with van der Waals surface area (Å²) in [6, 6.07) is 21.7. The SMILES string of the molecule is CC(C)c1ccc(OCCCc2sc(N3CCc4cccc(C(=O)Nc5nc6ccccc6s5)c4C3)nc2C(=O)O)cc1. The number of amides is 1. The molecule has 1 aliphatic heterocycles. The van der Waals surface area contributed by atoms with Gasteiger partial charge in [0.25, 0.3) is 5.91 Å². The normalized spacial score (nSPS) is 12.9. The Hall–Kier alpha value is -4.28. The van der Waals surface area contributed by atoms with Crippen LogP contribution in [0.5, 0.6) is 5.75 Å². The average Bonchev–Trinajstić information content (AvgIpc) is 3.63. The molecule has 1 aliphatic rings. The largest absolute Gasteiger partial charge is 0.494 e. The molecule has 0 unspecified atom stereocenters. The van der Waals surface area contributed by atoms with Gasteiger partial charge in [0.1, 0.15) is 5.75 Å². The molecular formula is C33H32N4O4S2. The number of carboxylic acid groups (broad SMARTS) is 1. The van der Waals surface area contributed by atoms with Crippen LogP contribution >= 0.6 is 22.7 Å². The molecule has 43 heavy (non-hydrogen) atoms. The van der Waals surface area contributed by atoms with E-state index in [0.717, 1.165) is 38.4 Å². The van der Waals surface area contributed by atoms with Crippen molar-refractivity contribution >= 4 is 55.0 Å². The lowest BCUT2D eigenvalue weighted by Crippen LogP contribution is -2.32. The lowest BCUT2D eigenvalue weighted by Gasteiger charge is -2.29. The maximum atomic E-state index is 13.4. The number of fused-ring (bicyclic) bond motifs is 2. The van der Waals surface area contributed by atoms with Gasteiger partial charge >= 0.3 is 5.97 Å². The standard InChI is InChI=1S/C33H32N4O4S2/c1-20(2)21-12-14-23(15-13-21)41-18-6-11-28-29(31(39)40)35-33(43-28)37-17-16-22-7-5-8-24(25(22)19-37)30(38)36-32-34-26-9-3-4-10-27(26)42-32/h3-5,7-10,12-15,20H,6,11,16-19H2,1-2H3,(H,39,40)(H,34,36,38). The van der Waals surface area contributed by atoms with E-state index in [1.807, 2.05) is 54.6 Å². The second-order valence-electron chi connectivity index (χ2n) is 10.8. The molecule has 0 spiro atoms. The van der Waals surface area contributed by atoms with Crippen molar-refractivity contribution in [3.05, 3.63) is 99.6 Å². The molecule has 8 nitrogen and oxygen atoms in total. The molecule has 6 rings (SSSR count). The van der Waals surface area contributed by atoms with Crippen LogP contribution in [0.1, 0.15) is 68.6 Å². The first-order chi connectivity index (χ1) is 20.9. The number of ether oxygens (including phenoxy) is 1. The van der Waals surface area contributed by atoms with Crippen molar-refractivity contribution in [3.63, 3.8) is 0 Å². The van der Waals surface area contributed by atoms with Crippen molar-refractivity contribution < 1.29 is 19.4 Å². The Labute approximate surface area is 258 Å². The molecule has 1 amide bonds. The first-order valence-electron chi connectivity index (χ1n) is 14.3. The zero-order chi connectivity index (χ0) is 29.9. The third kappa shape index (κ3) is 6.40. The predicted octanol–water partition coefficient (Wildman–Crippen LogP) is 7.40. The van der Waals surface area contributed by atoms with Gasteiger partial charge in [-0.3, -0.25) is 10.1 Å². The molecule has 0 radical (unpaired) electrons. The van der Waals surface area contributed by atoms with Crippen LogP contribution in [-0.4, -0.2) is 40.1 Å². The number of nitrogens with one attached hydrogen (secondary N) is 1. The Morgan fingerprint density at radius 3 is 2.60 bits per heavy atom. The number of aryl methyl sites for hydroxylation is 1. The van der Waals surface area contributed by atoms with E-state index in [0.29, 0.717) is 54.3 Å². The van der Waals surface area contributed by atoms with Crippen LogP contribution < -0.4 is 15.0 Å². The minimum atomic E-state index is -1.03. The number of carboxylic acids is 1. The fraction of sp³-hybridized carbons (Fsp3) is 0.273. The monoisotopic (exact) mass is 612 g/mol. The molecule has 0 saturated heterocycles. The van der Waals surface area contributed by atoms with E-state index in [-0.39, 0.29) is 11.6 Å². The zero-order valence-electron chi connectivity index (χ0n) is 24.0. The van der Waals surface area contributed by atoms with E-state index in [1.165, 1.54) is 28.2 Å². The fourth-order valence-corrected chi connectivity index (χ4v) is 7.21. The summed E-state index contributed by atoms with van der Waals surface area (Å²) in [6.45, 7) is 5.96. The summed E-state index contributed by atoms with van der Waals surface area (Å²) < 4.78 is 6.92. The minimum absolute atomic E-state index is 0.0916. The second-order valence-corrected chi connectivity index (χ2v) is 12.9. The Morgan fingerprint density at radius 2 is 1.84 bits per heavy atom. The van der Waals surface area contributed by atoms with Gasteiger partial charge in [0.05, 0.1) is 16.8 Å². The number of benzene rings is 3. The van der Waals surface area contributed by atoms with Gasteiger partial charge in [-0.15, -0.1) is 11.3 Å². The molecule has 0 fully saturated rings. The number of carbonyl (C=O) groups excluding carboxylic acids is 1. The number of para-hydroxylation sites is 1. The van der Waals surface area contributed by atoms with E-state index in [2.05, 4.69) is 46.2 Å². The van der Waals surface area contributed by atoms with E-state index in [4.69, 9.17) is 4.74 Å². The number of hydrogen-bond donors (Lipinski definition) is 2. The van der Waals surface area contributed by atoms with Gasteiger partial charge in [-0.25, -0.2) is 14.8 Å². The van der Waals surface area contributed by atoms with Crippen molar-refractivity contribution in [1.82, 2.24) is 9.97 Å². The van der Waals surface area contributed by atoms with Crippen LogP contribution in [0.15, 0.2) is 66.7 Å². The maximum absolute atomic E-state index is 13.4. The summed E-state index contributed by atoms with van der Waals surface area (Å²) >= 11 is 2.85. The van der Waals surface area contributed by atoms with E-state index in [1.54, 1.807) is 0 Å². The Balaban J connectivity index is 1.13. The van der Waals surface area contributed by atoms with Crippen LogP contribution in [0.2, 0.25) is 0 Å². The van der Waals surface area contributed by atoms with Crippen LogP contribution in [-0.2, 0) is 19.4 Å². The quantitative estimate of drug-likeness (QED) is 0.158. The highest BCUT2D eigenvalue weighted by Crippen LogP contribution is 2.33. The summed E-state index contributed by atoms with van der Waals surface area (Å²) in [4.78, 5) is 37.3. The molecule has 0 saturated carbocycles. The molecule has 2 aromatic heterocycles. The van der Waals surface area contributed by atoms with Crippen molar-refractivity contribution in [1.29, 1.82) is 0 Å². The molecule has 10 heteroatoms. The van der Waals surface area contributed by atoms with E-state index < -0.39 is 5.97 Å². The number of thiazole rings is 2. The highest BCUT2D eigenvalue weighted by molar-refractivity contribution is 7.22. The smallest absolute Gasteiger partial charge is 0.355 e. The lowest BCUT2D eigenvalue weighted by molar-refractivity contribution is 0.0690. The first-order valence-corrected chi connectivity index (χ1v) is 16.0. The third-order valence-electron chi connectivity index (χ3n) is 7.55. The molecule has 220 valence electrons. The van der Waals surface area contributed by atoms with Gasteiger partial charge in [0.15, 0.2) is 16.0 Å². The van der Waals surface area contributed by atoms with Crippen molar-refractivity contribution in [2.75, 3.05) is 23.4 Å². The summed E-state index contributed by atoms with van der Waals surface area (Å²) in [5.74, 6) is 0.0343. The Morgan fingerprint density at radius 1 is 1.02 bits per heavy atom. The lowest BCUT2D eigenvalue weighted by atomic mass is 9.94. The minimum Gasteiger partial charge on any atom is -0.494 e. The van der Waals surface area contributed by atoms with Crippen LogP contribution in [0.3, 0.4) is 0 Å². The highest BCUT2D eigenvalue weighted by Gasteiger charge is 2.26. The third-order valence-corrected chi connectivity index (χ3v) is 9.68. The fourth-order valence-electron chi connectivity index (χ4n) is 5.23. The van der Waals surface area contributed by atoms with Crippen LogP contribution in [0.25, 0.3) is 10.2 Å². The molecule has 2 N–H and O–H groups in total. The molecule has 5 aromatic rings. The maximum Gasteiger partial charge on any atom is 0.355 e. The first kappa shape index (κ1) is 28.8. The molecule has 0 bridgehead atoms. The van der Waals surface area contributed by atoms with Gasteiger partial charge in [-0.2, -0.15) is 0 Å². The van der Waals surface area contributed by atoms with Crippen molar-refractivity contribution in [2.24, 2.45) is 0 Å². The van der Waals surface area contributed by atoms with Gasteiger partial charge in [0.2, 0.25) is 0 Å². The van der Waals surface area contributed by atoms with Gasteiger partial charge in [-0.05, 0) is 72.2 Å². The molecule has 0 atom stereocenters. The number of aromatic nitrogens is 2. The summed E-state index contributed by atoms with van der Waals surface area (Å²) in [7, 11) is 0. The number of nitrogens with zero attached hydrogens (tertiary/aromatic N) is 3. The molecule has 3 aromatic carbocycles. The number of carbonyl (C=O) groups is 2. The van der Waals surface area contributed by atoms with Gasteiger partial charge < -0.3 is 14.7 Å². The predicted molar refractivity (Wildman–Crippen MR) is 172 cm³/mol. The molecule has 3 heterocycles. The van der Waals surface area contributed by atoms with E-state index >= 15 is 0 Å². The van der Waals surface area contributed by atoms with Crippen molar-refractivity contribution in [2.45, 2.75) is 45.6 Å².